The van der Waals surface area contributed by atoms with E-state index in [2.05, 4.69) is 15.4 Å². The second-order valence-corrected chi connectivity index (χ2v) is 6.61. The Bertz CT molecular complexity index is 1210. The minimum absolute atomic E-state index is 0.174. The van der Waals surface area contributed by atoms with Crippen LogP contribution in [0.25, 0.3) is 5.65 Å². The molecule has 1 aromatic carbocycles. The fourth-order valence-electron chi connectivity index (χ4n) is 3.14. The number of amides is 1. The van der Waals surface area contributed by atoms with E-state index in [0.29, 0.717) is 35.1 Å². The van der Waals surface area contributed by atoms with Gasteiger partial charge in [-0.15, -0.1) is 0 Å². The fourth-order valence-corrected chi connectivity index (χ4v) is 3.14. The van der Waals surface area contributed by atoms with Gasteiger partial charge in [-0.1, -0.05) is 6.07 Å². The monoisotopic (exact) mass is 411 g/mol. The van der Waals surface area contributed by atoms with Crippen LogP contribution in [-0.4, -0.2) is 25.1 Å². The highest BCUT2D eigenvalue weighted by Gasteiger charge is 2.20. The summed E-state index contributed by atoms with van der Waals surface area (Å²) in [5.41, 5.74) is 0.998. The van der Waals surface area contributed by atoms with Crippen LogP contribution >= 0.6 is 0 Å². The lowest BCUT2D eigenvalue weighted by Gasteiger charge is -2.09. The normalized spacial score (nSPS) is 11.1. The molecule has 4 rings (SSSR count). The predicted molar refractivity (Wildman–Crippen MR) is 106 cm³/mol. The summed E-state index contributed by atoms with van der Waals surface area (Å²) in [4.78, 5) is 17.2. The lowest BCUT2D eigenvalue weighted by atomic mass is 10.2. The summed E-state index contributed by atoms with van der Waals surface area (Å²) in [6.07, 6.45) is 3.44. The van der Waals surface area contributed by atoms with Crippen molar-refractivity contribution < 1.29 is 18.3 Å². The second-order valence-electron chi connectivity index (χ2n) is 6.61. The summed E-state index contributed by atoms with van der Waals surface area (Å²) in [5, 5.41) is 7.00. The van der Waals surface area contributed by atoms with Gasteiger partial charge in [-0.2, -0.15) is 5.10 Å². The number of ether oxygens (including phenoxy) is 1. The van der Waals surface area contributed by atoms with E-state index in [0.717, 1.165) is 0 Å². The van der Waals surface area contributed by atoms with Crippen molar-refractivity contribution in [1.29, 1.82) is 0 Å². The summed E-state index contributed by atoms with van der Waals surface area (Å²) in [5.74, 6) is -1.02. The largest absolute Gasteiger partial charge is 0.485 e. The van der Waals surface area contributed by atoms with Gasteiger partial charge in [0, 0.05) is 25.0 Å². The molecule has 0 aliphatic carbocycles. The molecule has 0 spiro atoms. The Morgan fingerprint density at radius 1 is 1.13 bits per heavy atom. The molecular formula is C21H19F2N5O2. The number of halogens is 2. The molecular weight excluding hydrogens is 392 g/mol. The first-order valence-electron chi connectivity index (χ1n) is 9.36. The number of nitrogens with one attached hydrogen (secondary N) is 1. The maximum absolute atomic E-state index is 13.9. The van der Waals surface area contributed by atoms with Crippen molar-refractivity contribution in [2.24, 2.45) is 0 Å². The molecule has 0 radical (unpaired) electrons. The van der Waals surface area contributed by atoms with Crippen LogP contribution in [0.15, 0.2) is 48.8 Å². The standard InChI is InChI=1S/C21H19F2N5O2/c1-3-27-11-9-18(26-27)25-21(29)19-13(2)24-20-17(8-5-10-28(19)20)30-12-14-15(22)6-4-7-16(14)23/h4-11H,3,12H2,1-2H3,(H,25,26,29). The van der Waals surface area contributed by atoms with Crippen LogP contribution in [-0.2, 0) is 13.2 Å². The van der Waals surface area contributed by atoms with E-state index in [4.69, 9.17) is 4.74 Å². The zero-order valence-electron chi connectivity index (χ0n) is 16.4. The number of aromatic nitrogens is 4. The zero-order valence-corrected chi connectivity index (χ0v) is 16.4. The van der Waals surface area contributed by atoms with Gasteiger partial charge < -0.3 is 10.1 Å². The van der Waals surface area contributed by atoms with Crippen molar-refractivity contribution in [3.63, 3.8) is 0 Å². The molecule has 154 valence electrons. The van der Waals surface area contributed by atoms with Crippen molar-refractivity contribution in [2.45, 2.75) is 27.0 Å². The van der Waals surface area contributed by atoms with Crippen LogP contribution in [0.3, 0.4) is 0 Å². The number of fused-ring (bicyclic) bond motifs is 1. The third-order valence-corrected chi connectivity index (χ3v) is 4.64. The highest BCUT2D eigenvalue weighted by Crippen LogP contribution is 2.24. The summed E-state index contributed by atoms with van der Waals surface area (Å²) in [7, 11) is 0. The zero-order chi connectivity index (χ0) is 21.3. The third kappa shape index (κ3) is 3.61. The molecule has 1 amide bonds. The lowest BCUT2D eigenvalue weighted by molar-refractivity contribution is 0.102. The van der Waals surface area contributed by atoms with Crippen molar-refractivity contribution in [3.8, 4) is 5.75 Å². The van der Waals surface area contributed by atoms with Crippen LogP contribution < -0.4 is 10.1 Å². The van der Waals surface area contributed by atoms with E-state index < -0.39 is 11.6 Å². The molecule has 0 aliphatic heterocycles. The van der Waals surface area contributed by atoms with Gasteiger partial charge in [-0.3, -0.25) is 13.9 Å². The fraction of sp³-hybridized carbons (Fsp3) is 0.190. The average molecular weight is 411 g/mol. The number of hydrogen-bond donors (Lipinski definition) is 1. The summed E-state index contributed by atoms with van der Waals surface area (Å²) < 4.78 is 36.7. The molecule has 3 aromatic heterocycles. The highest BCUT2D eigenvalue weighted by molar-refractivity contribution is 6.04. The number of carbonyl (C=O) groups is 1. The lowest BCUT2D eigenvalue weighted by Crippen LogP contribution is -2.16. The van der Waals surface area contributed by atoms with Crippen LogP contribution in [0.4, 0.5) is 14.6 Å². The quantitative estimate of drug-likeness (QED) is 0.521. The first-order chi connectivity index (χ1) is 14.5. The molecule has 1 N–H and O–H groups in total. The van der Waals surface area contributed by atoms with Gasteiger partial charge in [0.25, 0.3) is 5.91 Å². The highest BCUT2D eigenvalue weighted by atomic mass is 19.1. The Hall–Kier alpha value is -3.75. The van der Waals surface area contributed by atoms with E-state index in [9.17, 15) is 13.6 Å². The Morgan fingerprint density at radius 3 is 2.60 bits per heavy atom. The number of rotatable bonds is 6. The minimum Gasteiger partial charge on any atom is -0.485 e. The first kappa shape index (κ1) is 19.6. The van der Waals surface area contributed by atoms with Crippen LogP contribution in [0.2, 0.25) is 0 Å². The van der Waals surface area contributed by atoms with E-state index in [1.54, 1.807) is 46.6 Å². The maximum Gasteiger partial charge on any atom is 0.275 e. The molecule has 0 saturated heterocycles. The van der Waals surface area contributed by atoms with Gasteiger partial charge in [-0.25, -0.2) is 13.8 Å². The van der Waals surface area contributed by atoms with Crippen LogP contribution in [0.5, 0.6) is 5.75 Å². The molecule has 30 heavy (non-hydrogen) atoms. The maximum atomic E-state index is 13.9. The molecule has 9 heteroatoms. The SMILES string of the molecule is CCn1ccc(NC(=O)c2c(C)nc3c(OCc4c(F)cccc4F)cccn23)n1. The van der Waals surface area contributed by atoms with Crippen molar-refractivity contribution >= 4 is 17.4 Å². The number of anilines is 1. The van der Waals surface area contributed by atoms with Crippen molar-refractivity contribution in [3.05, 3.63) is 77.4 Å². The molecule has 0 fully saturated rings. The topological polar surface area (TPSA) is 73.5 Å². The number of pyridine rings is 1. The number of benzene rings is 1. The van der Waals surface area contributed by atoms with Crippen LogP contribution in [0, 0.1) is 18.6 Å². The number of nitrogens with zero attached hydrogens (tertiary/aromatic N) is 4. The number of hydrogen-bond acceptors (Lipinski definition) is 4. The average Bonchev–Trinajstić information content (AvgIpc) is 3.31. The smallest absolute Gasteiger partial charge is 0.275 e. The molecule has 0 atom stereocenters. The Kier molecular flexibility index (Phi) is 5.18. The Labute approximate surface area is 170 Å². The predicted octanol–water partition coefficient (Wildman–Crippen LogP) is 3.97. The van der Waals surface area contributed by atoms with E-state index >= 15 is 0 Å². The third-order valence-electron chi connectivity index (χ3n) is 4.64. The molecule has 3 heterocycles. The molecule has 4 aromatic rings. The molecule has 0 unspecified atom stereocenters. The summed E-state index contributed by atoms with van der Waals surface area (Å²) in [6.45, 7) is 4.03. The van der Waals surface area contributed by atoms with Crippen molar-refractivity contribution in [1.82, 2.24) is 19.2 Å². The minimum atomic E-state index is -0.687. The molecule has 0 bridgehead atoms. The summed E-state index contributed by atoms with van der Waals surface area (Å²) in [6, 6.07) is 8.64. The Morgan fingerprint density at radius 2 is 1.90 bits per heavy atom. The number of aryl methyl sites for hydroxylation is 2. The Balaban J connectivity index is 1.62. The van der Waals surface area contributed by atoms with E-state index in [1.165, 1.54) is 18.2 Å². The van der Waals surface area contributed by atoms with Gasteiger partial charge in [-0.05, 0) is 38.1 Å². The van der Waals surface area contributed by atoms with Gasteiger partial charge in [0.15, 0.2) is 17.2 Å². The molecule has 0 aliphatic rings. The van der Waals surface area contributed by atoms with E-state index in [1.807, 2.05) is 6.92 Å². The first-order valence-corrected chi connectivity index (χ1v) is 9.36. The van der Waals surface area contributed by atoms with Gasteiger partial charge >= 0.3 is 0 Å². The molecule has 7 nitrogen and oxygen atoms in total. The summed E-state index contributed by atoms with van der Waals surface area (Å²) >= 11 is 0. The number of imidazole rings is 1. The van der Waals surface area contributed by atoms with E-state index in [-0.39, 0.29) is 18.1 Å². The van der Waals surface area contributed by atoms with Gasteiger partial charge in [0.05, 0.1) is 11.3 Å². The van der Waals surface area contributed by atoms with Crippen molar-refractivity contribution in [2.75, 3.05) is 5.32 Å². The van der Waals surface area contributed by atoms with Gasteiger partial charge in [0.2, 0.25) is 0 Å². The van der Waals surface area contributed by atoms with Crippen LogP contribution in [0.1, 0.15) is 28.7 Å². The molecule has 0 saturated carbocycles. The second kappa shape index (κ2) is 7.94. The van der Waals surface area contributed by atoms with Gasteiger partial charge in [0.1, 0.15) is 23.9 Å². The number of carbonyl (C=O) groups excluding carboxylic acids is 1.